The van der Waals surface area contributed by atoms with Gasteiger partial charge in [0.15, 0.2) is 0 Å². The van der Waals surface area contributed by atoms with Crippen molar-refractivity contribution < 1.29 is 18.7 Å². The van der Waals surface area contributed by atoms with E-state index in [1.807, 2.05) is 12.1 Å². The molecule has 4 nitrogen and oxygen atoms in total. The van der Waals surface area contributed by atoms with Gasteiger partial charge in [-0.2, -0.15) is 0 Å². The summed E-state index contributed by atoms with van der Waals surface area (Å²) in [7, 11) is -0.278. The number of ether oxygens (including phenoxy) is 2. The van der Waals surface area contributed by atoms with Crippen molar-refractivity contribution in [3.8, 4) is 5.75 Å². The van der Waals surface area contributed by atoms with Gasteiger partial charge in [-0.25, -0.2) is 0 Å². The molecular formula is C35H56O4Si. The number of methoxy groups -OCH3 is 1. The molecule has 40 heavy (non-hydrogen) atoms. The van der Waals surface area contributed by atoms with Gasteiger partial charge in [0.2, 0.25) is 8.32 Å². The standard InChI is InChI=1S/C35H56O4Si/c1-24(2)40(25(3)4,26(5)6)39-33-19-20-34(8)32(27(33)7)17-13-29-12-14-30(36)18-21-35(29,34)23-38-22-28-10-15-31(37-9)16-11-28/h10-11,13,15-17,24-27,29,32-33H,12,14,18-23H2,1-9H3/t27-,29+,32+,33-,34-,35-/m0/s1. The molecule has 0 heterocycles. The van der Waals surface area contributed by atoms with Gasteiger partial charge in [-0.15, -0.1) is 0 Å². The summed E-state index contributed by atoms with van der Waals surface area (Å²) in [5, 5.41) is 0. The number of fused-ring (bicyclic) bond motifs is 3. The maximum absolute atomic E-state index is 12.8. The third-order valence-corrected chi connectivity index (χ3v) is 17.8. The molecule has 3 aliphatic carbocycles. The van der Waals surface area contributed by atoms with E-state index in [0.717, 1.165) is 37.0 Å². The Morgan fingerprint density at radius 2 is 1.57 bits per heavy atom. The van der Waals surface area contributed by atoms with Crippen molar-refractivity contribution in [2.24, 2.45) is 28.6 Å². The highest BCUT2D eigenvalue weighted by molar-refractivity contribution is 6.77. The van der Waals surface area contributed by atoms with Crippen molar-refractivity contribution in [3.05, 3.63) is 42.0 Å². The summed E-state index contributed by atoms with van der Waals surface area (Å²) in [4.78, 5) is 12.8. The molecule has 6 atom stereocenters. The second kappa shape index (κ2) is 12.4. The summed E-state index contributed by atoms with van der Waals surface area (Å²) in [6.45, 7) is 20.6. The van der Waals surface area contributed by atoms with Crippen molar-refractivity contribution in [1.82, 2.24) is 0 Å². The first kappa shape index (κ1) is 31.5. The van der Waals surface area contributed by atoms with E-state index in [4.69, 9.17) is 13.9 Å². The second-order valence-electron chi connectivity index (χ2n) is 14.4. The molecule has 0 amide bonds. The Balaban J connectivity index is 1.62. The second-order valence-corrected chi connectivity index (χ2v) is 19.8. The minimum Gasteiger partial charge on any atom is -0.497 e. The molecule has 1 aromatic carbocycles. The van der Waals surface area contributed by atoms with Gasteiger partial charge in [0.25, 0.3) is 0 Å². The van der Waals surface area contributed by atoms with Gasteiger partial charge in [0.1, 0.15) is 11.5 Å². The van der Waals surface area contributed by atoms with Crippen LogP contribution in [0, 0.1) is 28.6 Å². The zero-order valence-electron chi connectivity index (χ0n) is 26.8. The van der Waals surface area contributed by atoms with Crippen LogP contribution in [-0.4, -0.2) is 33.9 Å². The molecule has 4 rings (SSSR count). The summed E-state index contributed by atoms with van der Waals surface area (Å²) in [6.07, 6.45) is 10.8. The number of carbonyl (C=O) groups excluding carboxylic acids is 1. The Hall–Kier alpha value is -1.43. The van der Waals surface area contributed by atoms with Crippen LogP contribution in [0.5, 0.6) is 5.75 Å². The van der Waals surface area contributed by atoms with E-state index in [1.165, 1.54) is 0 Å². The number of rotatable bonds is 10. The van der Waals surface area contributed by atoms with Crippen LogP contribution in [0.15, 0.2) is 36.4 Å². The number of Topliss-reactive ketones (excluding diaryl/α,β-unsaturated/α-hetero) is 1. The average molecular weight is 569 g/mol. The number of hydrogen-bond donors (Lipinski definition) is 0. The van der Waals surface area contributed by atoms with Crippen LogP contribution in [0.1, 0.15) is 99.5 Å². The number of benzene rings is 1. The minimum absolute atomic E-state index is 0.0348. The van der Waals surface area contributed by atoms with Crippen LogP contribution in [0.2, 0.25) is 16.6 Å². The topological polar surface area (TPSA) is 44.8 Å². The Morgan fingerprint density at radius 3 is 2.17 bits per heavy atom. The van der Waals surface area contributed by atoms with Crippen molar-refractivity contribution in [2.45, 2.75) is 123 Å². The van der Waals surface area contributed by atoms with Gasteiger partial charge < -0.3 is 13.9 Å². The van der Waals surface area contributed by atoms with Crippen molar-refractivity contribution in [2.75, 3.05) is 13.7 Å². The number of ketones is 1. The van der Waals surface area contributed by atoms with Crippen LogP contribution in [0.3, 0.4) is 0 Å². The molecule has 2 fully saturated rings. The van der Waals surface area contributed by atoms with E-state index in [0.29, 0.717) is 72.3 Å². The van der Waals surface area contributed by atoms with E-state index in [1.54, 1.807) is 7.11 Å². The van der Waals surface area contributed by atoms with Crippen LogP contribution in [0.25, 0.3) is 0 Å². The molecule has 224 valence electrons. The van der Waals surface area contributed by atoms with Gasteiger partial charge in [-0.3, -0.25) is 4.79 Å². The van der Waals surface area contributed by atoms with Gasteiger partial charge >= 0.3 is 0 Å². The maximum Gasteiger partial charge on any atom is 0.200 e. The van der Waals surface area contributed by atoms with Gasteiger partial charge in [0.05, 0.1) is 20.3 Å². The fourth-order valence-corrected chi connectivity index (χ4v) is 15.1. The summed E-state index contributed by atoms with van der Waals surface area (Å²) >= 11 is 0. The molecule has 0 N–H and O–H groups in total. The molecule has 0 saturated heterocycles. The predicted octanol–water partition coefficient (Wildman–Crippen LogP) is 9.14. The Kier molecular flexibility index (Phi) is 9.79. The maximum atomic E-state index is 12.8. The first-order valence-electron chi connectivity index (χ1n) is 16.0. The highest BCUT2D eigenvalue weighted by Gasteiger charge is 2.61. The molecule has 0 spiro atoms. The SMILES string of the molecule is COc1ccc(COC[C@@]23CCC(=O)CC[C@@H]2C=C[C@@H]2[C@H](C)[C@@H](O[Si](C(C)C)(C(C)C)C(C)C)CC[C@@]23C)cc1. The van der Waals surface area contributed by atoms with Crippen molar-refractivity contribution >= 4 is 14.1 Å². The highest BCUT2D eigenvalue weighted by atomic mass is 28.4. The zero-order valence-corrected chi connectivity index (χ0v) is 27.8. The minimum atomic E-state index is -1.98. The zero-order chi connectivity index (χ0) is 29.3. The van der Waals surface area contributed by atoms with Crippen LogP contribution >= 0.6 is 0 Å². The largest absolute Gasteiger partial charge is 0.497 e. The number of hydrogen-bond acceptors (Lipinski definition) is 4. The molecule has 0 aliphatic heterocycles. The fraction of sp³-hybridized carbons (Fsp3) is 0.743. The van der Waals surface area contributed by atoms with E-state index >= 15 is 0 Å². The third kappa shape index (κ3) is 5.52. The van der Waals surface area contributed by atoms with Crippen LogP contribution in [-0.2, 0) is 20.6 Å². The summed E-state index contributed by atoms with van der Waals surface area (Å²) in [6, 6.07) is 8.19. The smallest absolute Gasteiger partial charge is 0.200 e. The number of allylic oxidation sites excluding steroid dienone is 2. The van der Waals surface area contributed by atoms with E-state index in [-0.39, 0.29) is 10.8 Å². The van der Waals surface area contributed by atoms with Gasteiger partial charge in [-0.05, 0) is 83.2 Å². The van der Waals surface area contributed by atoms with Gasteiger partial charge in [0, 0.05) is 24.4 Å². The van der Waals surface area contributed by atoms with E-state index in [2.05, 4.69) is 79.7 Å². The molecule has 1 aromatic rings. The molecule has 0 aromatic heterocycles. The Labute approximate surface area is 245 Å². The van der Waals surface area contributed by atoms with Crippen LogP contribution < -0.4 is 4.74 Å². The van der Waals surface area contributed by atoms with Crippen molar-refractivity contribution in [1.29, 1.82) is 0 Å². The first-order valence-corrected chi connectivity index (χ1v) is 18.1. The number of carbonyl (C=O) groups is 1. The average Bonchev–Trinajstić information content (AvgIpc) is 3.08. The van der Waals surface area contributed by atoms with Gasteiger partial charge in [-0.1, -0.05) is 79.7 Å². The third-order valence-electron chi connectivity index (χ3n) is 11.7. The highest BCUT2D eigenvalue weighted by Crippen LogP contribution is 2.65. The summed E-state index contributed by atoms with van der Waals surface area (Å²) in [5.41, 5.74) is 2.97. The van der Waals surface area contributed by atoms with E-state index in [9.17, 15) is 4.79 Å². The molecule has 0 bridgehead atoms. The lowest BCUT2D eigenvalue weighted by atomic mass is 9.44. The lowest BCUT2D eigenvalue weighted by Gasteiger charge is -2.62. The Morgan fingerprint density at radius 1 is 0.925 bits per heavy atom. The first-order chi connectivity index (χ1) is 18.9. The molecule has 2 saturated carbocycles. The van der Waals surface area contributed by atoms with Crippen molar-refractivity contribution in [3.63, 3.8) is 0 Å². The summed E-state index contributed by atoms with van der Waals surface area (Å²) in [5.74, 6) is 2.54. The summed E-state index contributed by atoms with van der Waals surface area (Å²) < 4.78 is 19.4. The molecule has 0 radical (unpaired) electrons. The van der Waals surface area contributed by atoms with Crippen LogP contribution in [0.4, 0.5) is 0 Å². The lowest BCUT2D eigenvalue weighted by molar-refractivity contribution is -0.150. The molecule has 5 heteroatoms. The quantitative estimate of drug-likeness (QED) is 0.208. The monoisotopic (exact) mass is 568 g/mol. The van der Waals surface area contributed by atoms with E-state index < -0.39 is 8.32 Å². The Bertz CT molecular complexity index is 1010. The molecular weight excluding hydrogens is 512 g/mol. The fourth-order valence-electron chi connectivity index (χ4n) is 9.41. The molecule has 3 aliphatic rings. The normalized spacial score (nSPS) is 32.8. The molecule has 0 unspecified atom stereocenters. The predicted molar refractivity (Wildman–Crippen MR) is 167 cm³/mol. The lowest BCUT2D eigenvalue weighted by Crippen LogP contribution is -2.60.